The summed E-state index contributed by atoms with van der Waals surface area (Å²) in [5, 5.41) is 17.4. The van der Waals surface area contributed by atoms with Crippen molar-refractivity contribution >= 4 is 45.9 Å². The number of halogens is 1. The molecule has 0 bridgehead atoms. The van der Waals surface area contributed by atoms with Crippen LogP contribution in [0.25, 0.3) is 10.9 Å². The molecule has 0 aliphatic carbocycles. The Hall–Kier alpha value is -4.37. The van der Waals surface area contributed by atoms with Crippen molar-refractivity contribution in [3.05, 3.63) is 75.8 Å². The predicted molar refractivity (Wildman–Crippen MR) is 162 cm³/mol. The number of thioether (sulfide) groups is 1. The quantitative estimate of drug-likeness (QED) is 0.357. The number of benzene rings is 1. The minimum absolute atomic E-state index is 0.0231. The average molecular weight is 587 g/mol. The van der Waals surface area contributed by atoms with Gasteiger partial charge in [0.2, 0.25) is 0 Å². The fourth-order valence-electron chi connectivity index (χ4n) is 5.69. The summed E-state index contributed by atoms with van der Waals surface area (Å²) in [4.78, 5) is 36.9. The van der Waals surface area contributed by atoms with Crippen LogP contribution in [0.3, 0.4) is 0 Å². The van der Waals surface area contributed by atoms with Crippen molar-refractivity contribution in [1.29, 1.82) is 5.26 Å². The van der Waals surface area contributed by atoms with Crippen molar-refractivity contribution in [1.82, 2.24) is 24.6 Å². The summed E-state index contributed by atoms with van der Waals surface area (Å²) in [6.45, 7) is 5.81. The maximum atomic E-state index is 16.1. The molecular weight excluding hydrogens is 555 g/mol. The van der Waals surface area contributed by atoms with Crippen molar-refractivity contribution in [2.45, 2.75) is 32.0 Å². The molecule has 1 aromatic carbocycles. The summed E-state index contributed by atoms with van der Waals surface area (Å²) < 4.78 is 17.7. The van der Waals surface area contributed by atoms with Crippen LogP contribution in [0.4, 0.5) is 21.7 Å². The number of hydrogen-bond acceptors (Lipinski definition) is 8. The Labute approximate surface area is 246 Å². The van der Waals surface area contributed by atoms with Gasteiger partial charge in [0.15, 0.2) is 5.82 Å². The van der Waals surface area contributed by atoms with Crippen molar-refractivity contribution in [3.63, 3.8) is 0 Å². The molecule has 0 unspecified atom stereocenters. The van der Waals surface area contributed by atoms with E-state index in [1.165, 1.54) is 6.20 Å². The number of aromatic amines is 1. The van der Waals surface area contributed by atoms with Crippen LogP contribution in [0.1, 0.15) is 34.8 Å². The Kier molecular flexibility index (Phi) is 7.36. The van der Waals surface area contributed by atoms with E-state index in [1.54, 1.807) is 35.1 Å². The number of rotatable bonds is 5. The normalized spacial score (nSPS) is 20.9. The first-order valence-electron chi connectivity index (χ1n) is 13.9. The third kappa shape index (κ3) is 4.98. The monoisotopic (exact) mass is 586 g/mol. The molecule has 6 rings (SSSR count). The van der Waals surface area contributed by atoms with E-state index >= 15 is 4.39 Å². The van der Waals surface area contributed by atoms with Gasteiger partial charge in [0.25, 0.3) is 11.5 Å². The number of amides is 1. The highest BCUT2D eigenvalue weighted by Gasteiger charge is 2.44. The lowest BCUT2D eigenvalue weighted by atomic mass is 9.87. The van der Waals surface area contributed by atoms with E-state index in [2.05, 4.69) is 15.3 Å². The first-order chi connectivity index (χ1) is 20.3. The fraction of sp³-hybridized carbons (Fsp3) is 0.367. The minimum Gasteiger partial charge on any atom is -0.354 e. The lowest BCUT2D eigenvalue weighted by Crippen LogP contribution is -2.53. The Bertz CT molecular complexity index is 1740. The van der Waals surface area contributed by atoms with Crippen LogP contribution < -0.4 is 15.8 Å². The maximum absolute atomic E-state index is 16.1. The molecule has 2 atom stereocenters. The summed E-state index contributed by atoms with van der Waals surface area (Å²) >= 11 is 1.85. The van der Waals surface area contributed by atoms with Gasteiger partial charge in [-0.05, 0) is 62.2 Å². The zero-order valence-corrected chi connectivity index (χ0v) is 24.2. The van der Waals surface area contributed by atoms with Gasteiger partial charge in [-0.15, -0.1) is 0 Å². The summed E-state index contributed by atoms with van der Waals surface area (Å²) in [6.07, 6.45) is 2.13. The van der Waals surface area contributed by atoms with E-state index in [9.17, 15) is 9.59 Å². The SMILES string of the molecule is Cc1cc(Nc2nn([C@]3(C)CCN(c4ccc(C#N)cn4)C[C@@H]3F)c3cc[nH]c(=O)c23)ccc1C(=O)N1CCSCC1. The molecule has 4 aromatic rings. The molecule has 216 valence electrons. The number of alkyl halides is 1. The molecule has 42 heavy (non-hydrogen) atoms. The number of carbonyl (C=O) groups excluding carboxylic acids is 1. The number of H-pyrrole nitrogens is 1. The van der Waals surface area contributed by atoms with E-state index < -0.39 is 11.7 Å². The Morgan fingerprint density at radius 1 is 1.21 bits per heavy atom. The van der Waals surface area contributed by atoms with E-state index in [0.29, 0.717) is 52.3 Å². The van der Waals surface area contributed by atoms with Crippen LogP contribution in [0.15, 0.2) is 53.6 Å². The molecule has 0 saturated carbocycles. The zero-order chi connectivity index (χ0) is 29.4. The topological polar surface area (TPSA) is 123 Å². The van der Waals surface area contributed by atoms with E-state index in [-0.39, 0.29) is 18.0 Å². The number of nitriles is 1. The highest BCUT2D eigenvalue weighted by Crippen LogP contribution is 2.37. The van der Waals surface area contributed by atoms with Crippen LogP contribution >= 0.6 is 11.8 Å². The first-order valence-corrected chi connectivity index (χ1v) is 15.0. The third-order valence-corrected chi connectivity index (χ3v) is 9.19. The average Bonchev–Trinajstić information content (AvgIpc) is 3.39. The largest absolute Gasteiger partial charge is 0.354 e. The molecule has 2 saturated heterocycles. The van der Waals surface area contributed by atoms with Gasteiger partial charge < -0.3 is 20.1 Å². The molecule has 5 heterocycles. The first kappa shape index (κ1) is 27.8. The maximum Gasteiger partial charge on any atom is 0.261 e. The number of piperidine rings is 1. The molecule has 10 nitrogen and oxygen atoms in total. The lowest BCUT2D eigenvalue weighted by molar-refractivity contribution is 0.0771. The van der Waals surface area contributed by atoms with Gasteiger partial charge in [-0.3, -0.25) is 14.3 Å². The van der Waals surface area contributed by atoms with Crippen LogP contribution in [0.5, 0.6) is 0 Å². The van der Waals surface area contributed by atoms with Crippen molar-refractivity contribution < 1.29 is 9.18 Å². The number of hydrogen-bond donors (Lipinski definition) is 2. The van der Waals surface area contributed by atoms with Gasteiger partial charge in [0.1, 0.15) is 23.4 Å². The molecule has 12 heteroatoms. The smallest absolute Gasteiger partial charge is 0.261 e. The second-order valence-electron chi connectivity index (χ2n) is 10.9. The second kappa shape index (κ2) is 11.1. The molecule has 2 N–H and O–H groups in total. The molecule has 0 spiro atoms. The number of nitrogens with one attached hydrogen (secondary N) is 2. The van der Waals surface area contributed by atoms with Crippen molar-refractivity contribution in [2.75, 3.05) is 47.9 Å². The highest BCUT2D eigenvalue weighted by molar-refractivity contribution is 7.99. The van der Waals surface area contributed by atoms with Gasteiger partial charge in [-0.1, -0.05) is 0 Å². The number of fused-ring (bicyclic) bond motifs is 1. The Morgan fingerprint density at radius 3 is 2.71 bits per heavy atom. The van der Waals surface area contributed by atoms with Crippen LogP contribution in [-0.2, 0) is 5.54 Å². The lowest BCUT2D eigenvalue weighted by Gasteiger charge is -2.42. The van der Waals surface area contributed by atoms with Gasteiger partial charge in [0, 0.05) is 54.8 Å². The molecule has 3 aromatic heterocycles. The number of carbonyl (C=O) groups is 1. The predicted octanol–water partition coefficient (Wildman–Crippen LogP) is 4.20. The molecule has 2 aliphatic heterocycles. The number of nitrogens with zero attached hydrogens (tertiary/aromatic N) is 6. The second-order valence-corrected chi connectivity index (χ2v) is 12.1. The fourth-order valence-corrected chi connectivity index (χ4v) is 6.60. The molecule has 2 aliphatic rings. The Morgan fingerprint density at radius 2 is 2.02 bits per heavy atom. The summed E-state index contributed by atoms with van der Waals surface area (Å²) in [6, 6.07) is 12.7. The molecule has 0 radical (unpaired) electrons. The zero-order valence-electron chi connectivity index (χ0n) is 23.4. The summed E-state index contributed by atoms with van der Waals surface area (Å²) in [5.41, 5.74) is 1.78. The molecule has 1 amide bonds. The van der Waals surface area contributed by atoms with E-state index in [0.717, 1.165) is 30.2 Å². The highest BCUT2D eigenvalue weighted by atomic mass is 32.2. The van der Waals surface area contributed by atoms with Gasteiger partial charge in [0.05, 0.1) is 23.2 Å². The van der Waals surface area contributed by atoms with E-state index in [1.807, 2.05) is 53.6 Å². The number of aromatic nitrogens is 4. The summed E-state index contributed by atoms with van der Waals surface area (Å²) in [7, 11) is 0. The van der Waals surface area contributed by atoms with Gasteiger partial charge in [-0.25, -0.2) is 9.37 Å². The standard InChI is InChI=1S/C30H31FN8O2S/c1-19-15-21(4-5-22(19)29(41)37-11-13-42-14-12-37)35-27-26-23(7-9-33-28(26)40)39(36-27)30(2)8-10-38(18-24(30)31)25-6-3-20(16-32)17-34-25/h3-7,9,15,17,24H,8,10-14,18H2,1-2H3,(H,33,40)(H,35,36)/t24-,30+/m0/s1. The van der Waals surface area contributed by atoms with Crippen LogP contribution in [0.2, 0.25) is 0 Å². The number of aryl methyl sites for hydroxylation is 1. The van der Waals surface area contributed by atoms with Crippen LogP contribution in [-0.4, -0.2) is 74.4 Å². The van der Waals surface area contributed by atoms with Crippen molar-refractivity contribution in [2.24, 2.45) is 0 Å². The van der Waals surface area contributed by atoms with Crippen molar-refractivity contribution in [3.8, 4) is 6.07 Å². The Balaban J connectivity index is 1.28. The van der Waals surface area contributed by atoms with E-state index in [4.69, 9.17) is 10.4 Å². The minimum atomic E-state index is -1.32. The third-order valence-electron chi connectivity index (χ3n) is 8.25. The number of pyridine rings is 2. The molecule has 2 fully saturated rings. The molecular formula is C30H31FN8O2S. The number of anilines is 3. The van der Waals surface area contributed by atoms with Gasteiger partial charge >= 0.3 is 0 Å². The summed E-state index contributed by atoms with van der Waals surface area (Å²) in [5.74, 6) is 2.84. The van der Waals surface area contributed by atoms with Crippen LogP contribution in [0, 0.1) is 18.3 Å². The van der Waals surface area contributed by atoms with Gasteiger partial charge in [-0.2, -0.15) is 22.1 Å².